The van der Waals surface area contributed by atoms with Crippen LogP contribution in [0.25, 0.3) is 10.8 Å². The standard InChI is InChI=1S/C20H23N3O2.B/c1-22-18(24)20(23(2)19(22)25)11-16-9-14-6-5-13(4-3-7-21)8-15(14)10-17(16)12-20;/h5-6,8-10H,3-4,7,11-12,21H2,1-2H3;. The lowest BCUT2D eigenvalue weighted by Gasteiger charge is -2.27. The van der Waals surface area contributed by atoms with Gasteiger partial charge in [-0.2, -0.15) is 0 Å². The van der Waals surface area contributed by atoms with E-state index in [9.17, 15) is 9.59 Å². The average Bonchev–Trinajstić information content (AvgIpc) is 3.06. The molecular weight excluding hydrogens is 325 g/mol. The van der Waals surface area contributed by atoms with Gasteiger partial charge < -0.3 is 10.6 Å². The summed E-state index contributed by atoms with van der Waals surface area (Å²) in [6, 6.07) is 10.7. The molecule has 1 heterocycles. The molecule has 2 aliphatic rings. The topological polar surface area (TPSA) is 66.6 Å². The Kier molecular flexibility index (Phi) is 4.57. The zero-order valence-electron chi connectivity index (χ0n) is 15.3. The van der Waals surface area contributed by atoms with Crippen LogP contribution in [-0.4, -0.2) is 56.3 Å². The van der Waals surface area contributed by atoms with Crippen LogP contribution in [0.5, 0.6) is 0 Å². The van der Waals surface area contributed by atoms with Gasteiger partial charge in [-0.15, -0.1) is 0 Å². The maximum Gasteiger partial charge on any atom is 0.327 e. The monoisotopic (exact) mass is 348 g/mol. The predicted octanol–water partition coefficient (Wildman–Crippen LogP) is 1.71. The van der Waals surface area contributed by atoms with Crippen molar-refractivity contribution in [2.75, 3.05) is 20.6 Å². The van der Waals surface area contributed by atoms with Gasteiger partial charge in [0, 0.05) is 35.4 Å². The lowest BCUT2D eigenvalue weighted by molar-refractivity contribution is -0.131. The summed E-state index contributed by atoms with van der Waals surface area (Å²) in [5.41, 5.74) is 8.50. The highest BCUT2D eigenvalue weighted by Crippen LogP contribution is 2.41. The molecule has 2 aromatic rings. The van der Waals surface area contributed by atoms with E-state index in [2.05, 4.69) is 30.3 Å². The number of carbonyl (C=O) groups is 2. The van der Waals surface area contributed by atoms with Gasteiger partial charge in [-0.1, -0.05) is 30.3 Å². The largest absolute Gasteiger partial charge is 0.330 e. The molecule has 0 saturated carbocycles. The highest BCUT2D eigenvalue weighted by atomic mass is 16.2. The number of carbonyl (C=O) groups excluding carboxylic acids is 2. The Hall–Kier alpha value is -2.34. The summed E-state index contributed by atoms with van der Waals surface area (Å²) in [7, 11) is 3.30. The summed E-state index contributed by atoms with van der Waals surface area (Å²) in [5, 5.41) is 2.37. The highest BCUT2D eigenvalue weighted by Gasteiger charge is 2.56. The van der Waals surface area contributed by atoms with Gasteiger partial charge in [0.05, 0.1) is 0 Å². The van der Waals surface area contributed by atoms with E-state index in [4.69, 9.17) is 5.73 Å². The number of nitrogens with two attached hydrogens (primary N) is 1. The zero-order chi connectivity index (χ0) is 17.8. The van der Waals surface area contributed by atoms with Crippen LogP contribution in [-0.2, 0) is 24.1 Å². The molecule has 1 atom stereocenters. The van der Waals surface area contributed by atoms with Crippen molar-refractivity contribution in [3.63, 3.8) is 0 Å². The third-order valence-corrected chi connectivity index (χ3v) is 5.78. The molecule has 1 fully saturated rings. The fraction of sp³-hybridized carbons (Fsp3) is 0.400. The Morgan fingerprint density at radius 2 is 1.69 bits per heavy atom. The number of benzene rings is 2. The van der Waals surface area contributed by atoms with Crippen molar-refractivity contribution in [3.05, 3.63) is 47.0 Å². The minimum absolute atomic E-state index is 0. The fourth-order valence-corrected chi connectivity index (χ4v) is 4.26. The van der Waals surface area contributed by atoms with Gasteiger partial charge in [0.25, 0.3) is 5.91 Å². The summed E-state index contributed by atoms with van der Waals surface area (Å²) in [6.07, 6.45) is 3.15. The molecule has 0 bridgehead atoms. The number of nitrogens with zero attached hydrogens (tertiary/aromatic N) is 2. The van der Waals surface area contributed by atoms with E-state index < -0.39 is 5.54 Å². The van der Waals surface area contributed by atoms with Crippen molar-refractivity contribution in [2.45, 2.75) is 31.2 Å². The minimum Gasteiger partial charge on any atom is -0.330 e. The summed E-state index contributed by atoms with van der Waals surface area (Å²) >= 11 is 0. The predicted molar refractivity (Wildman–Crippen MR) is 103 cm³/mol. The van der Waals surface area contributed by atoms with Crippen molar-refractivity contribution in [1.29, 1.82) is 0 Å². The molecule has 1 aliphatic carbocycles. The van der Waals surface area contributed by atoms with Crippen LogP contribution in [0.1, 0.15) is 23.1 Å². The molecule has 1 aliphatic heterocycles. The molecule has 4 rings (SSSR count). The second kappa shape index (κ2) is 6.43. The first-order chi connectivity index (χ1) is 12.0. The van der Waals surface area contributed by atoms with Crippen molar-refractivity contribution < 1.29 is 9.59 Å². The molecule has 0 aromatic heterocycles. The zero-order valence-corrected chi connectivity index (χ0v) is 15.3. The number of amides is 3. The number of imide groups is 1. The maximum atomic E-state index is 12.7. The fourth-order valence-electron chi connectivity index (χ4n) is 4.26. The third kappa shape index (κ3) is 2.51. The van der Waals surface area contributed by atoms with E-state index >= 15 is 0 Å². The first-order valence-corrected chi connectivity index (χ1v) is 8.77. The van der Waals surface area contributed by atoms with Gasteiger partial charge >= 0.3 is 6.03 Å². The Balaban J connectivity index is 0.00000196. The normalized spacial score (nSPS) is 21.7. The van der Waals surface area contributed by atoms with Gasteiger partial charge in [0.15, 0.2) is 0 Å². The van der Waals surface area contributed by atoms with Gasteiger partial charge in [0.1, 0.15) is 5.54 Å². The van der Waals surface area contributed by atoms with Crippen LogP contribution in [0.15, 0.2) is 30.3 Å². The number of hydrogen-bond acceptors (Lipinski definition) is 3. The maximum absolute atomic E-state index is 12.7. The molecular formula is C20H23BN3O2. The van der Waals surface area contributed by atoms with Crippen molar-refractivity contribution in [1.82, 2.24) is 9.80 Å². The molecule has 2 N–H and O–H groups in total. The summed E-state index contributed by atoms with van der Waals surface area (Å²) in [4.78, 5) is 27.8. The lowest BCUT2D eigenvalue weighted by atomic mass is 9.94. The molecule has 2 aromatic carbocycles. The molecule has 3 amide bonds. The number of rotatable bonds is 3. The molecule has 1 saturated heterocycles. The number of hydrogen-bond donors (Lipinski definition) is 1. The van der Waals surface area contributed by atoms with Crippen LogP contribution in [0, 0.1) is 0 Å². The van der Waals surface area contributed by atoms with Gasteiger partial charge in [-0.05, 0) is 46.8 Å². The van der Waals surface area contributed by atoms with E-state index in [1.807, 2.05) is 0 Å². The quantitative estimate of drug-likeness (QED) is 0.678. The van der Waals surface area contributed by atoms with E-state index in [1.54, 1.807) is 19.0 Å². The number of likely N-dealkylation sites (N-methyl/N-ethyl adjacent to an activating group) is 2. The Labute approximate surface area is 155 Å². The summed E-state index contributed by atoms with van der Waals surface area (Å²) in [6.45, 7) is 0.695. The molecule has 1 unspecified atom stereocenters. The van der Waals surface area contributed by atoms with Crippen LogP contribution in [0.2, 0.25) is 0 Å². The number of urea groups is 1. The Morgan fingerprint density at radius 3 is 2.27 bits per heavy atom. The summed E-state index contributed by atoms with van der Waals surface area (Å²) in [5.74, 6) is -0.0936. The molecule has 3 radical (unpaired) electrons. The molecule has 26 heavy (non-hydrogen) atoms. The SMILES string of the molecule is CN1C(=O)N(C)C2(Cc3cc4ccc(CCCN)cc4cc3C2)C1=O.[B]. The minimum atomic E-state index is -0.742. The van der Waals surface area contributed by atoms with Crippen LogP contribution in [0.4, 0.5) is 4.79 Å². The molecule has 133 valence electrons. The van der Waals surface area contributed by atoms with Gasteiger partial charge in [-0.3, -0.25) is 9.69 Å². The lowest BCUT2D eigenvalue weighted by Crippen LogP contribution is -2.48. The first kappa shape index (κ1) is 18.5. The highest BCUT2D eigenvalue weighted by molar-refractivity contribution is 6.07. The van der Waals surface area contributed by atoms with Crippen LogP contribution < -0.4 is 5.73 Å². The molecule has 1 spiro atoms. The second-order valence-corrected chi connectivity index (χ2v) is 7.29. The van der Waals surface area contributed by atoms with Crippen molar-refractivity contribution in [3.8, 4) is 0 Å². The van der Waals surface area contributed by atoms with Crippen LogP contribution >= 0.6 is 0 Å². The van der Waals surface area contributed by atoms with Gasteiger partial charge in [0.2, 0.25) is 0 Å². The number of aryl methyl sites for hydroxylation is 1. The molecule has 5 nitrogen and oxygen atoms in total. The van der Waals surface area contributed by atoms with E-state index in [0.717, 1.165) is 12.8 Å². The Morgan fingerprint density at radius 1 is 1.04 bits per heavy atom. The Bertz CT molecular complexity index is 898. The average molecular weight is 348 g/mol. The van der Waals surface area contributed by atoms with Gasteiger partial charge in [-0.25, -0.2) is 4.79 Å². The van der Waals surface area contributed by atoms with E-state index in [-0.39, 0.29) is 20.4 Å². The van der Waals surface area contributed by atoms with Crippen molar-refractivity contribution in [2.24, 2.45) is 5.73 Å². The first-order valence-electron chi connectivity index (χ1n) is 8.77. The third-order valence-electron chi connectivity index (χ3n) is 5.78. The van der Waals surface area contributed by atoms with E-state index in [1.165, 1.54) is 32.4 Å². The molecule has 6 heteroatoms. The smallest absolute Gasteiger partial charge is 0.327 e. The van der Waals surface area contributed by atoms with E-state index in [0.29, 0.717) is 19.4 Å². The van der Waals surface area contributed by atoms with Crippen molar-refractivity contribution >= 4 is 31.1 Å². The van der Waals surface area contributed by atoms with Crippen LogP contribution in [0.3, 0.4) is 0 Å². The second-order valence-electron chi connectivity index (χ2n) is 7.29. The summed E-state index contributed by atoms with van der Waals surface area (Å²) < 4.78 is 0. The number of fused-ring (bicyclic) bond motifs is 2.